The number of nitrogens with zero attached hydrogens (tertiary/aromatic N) is 2. The van der Waals surface area contributed by atoms with Gasteiger partial charge in [-0.25, -0.2) is 4.98 Å². The van der Waals surface area contributed by atoms with Gasteiger partial charge in [-0.15, -0.1) is 0 Å². The summed E-state index contributed by atoms with van der Waals surface area (Å²) in [5.41, 5.74) is 1.79. The molecule has 0 unspecified atom stereocenters. The molecule has 7 heteroatoms. The first kappa shape index (κ1) is 16.3. The van der Waals surface area contributed by atoms with Gasteiger partial charge in [0.25, 0.3) is 5.91 Å². The van der Waals surface area contributed by atoms with Gasteiger partial charge in [-0.1, -0.05) is 34.7 Å². The summed E-state index contributed by atoms with van der Waals surface area (Å²) in [5, 5.41) is 7.13. The second-order valence-corrected chi connectivity index (χ2v) is 6.75. The van der Waals surface area contributed by atoms with E-state index in [0.717, 1.165) is 21.7 Å². The lowest BCUT2D eigenvalue weighted by molar-refractivity contribution is 0.102. The van der Waals surface area contributed by atoms with Crippen LogP contribution in [0.1, 0.15) is 21.8 Å². The number of fused-ring (bicyclic) bond motifs is 1. The maximum atomic E-state index is 12.4. The van der Waals surface area contributed by atoms with Crippen molar-refractivity contribution in [2.24, 2.45) is 0 Å². The number of nitrogens with one attached hydrogen (secondary N) is 1. The minimum Gasteiger partial charge on any atom is -0.457 e. The Morgan fingerprint density at radius 1 is 1.12 bits per heavy atom. The first-order valence-corrected chi connectivity index (χ1v) is 8.79. The van der Waals surface area contributed by atoms with Crippen LogP contribution in [0.2, 0.25) is 0 Å². The van der Waals surface area contributed by atoms with Gasteiger partial charge >= 0.3 is 0 Å². The molecule has 1 N–H and O–H groups in total. The summed E-state index contributed by atoms with van der Waals surface area (Å²) in [7, 11) is 0. The van der Waals surface area contributed by atoms with E-state index < -0.39 is 0 Å². The molecule has 6 nitrogen and oxygen atoms in total. The number of ether oxygens (including phenoxy) is 1. The number of hydrogen-bond donors (Lipinski definition) is 1. The van der Waals surface area contributed by atoms with Crippen LogP contribution in [0.15, 0.2) is 53.1 Å². The Hall–Kier alpha value is -3.19. The van der Waals surface area contributed by atoms with E-state index in [0.29, 0.717) is 22.1 Å². The van der Waals surface area contributed by atoms with E-state index in [4.69, 9.17) is 9.26 Å². The molecule has 0 saturated heterocycles. The normalized spacial score (nSPS) is 10.8. The Balaban J connectivity index is 1.57. The van der Waals surface area contributed by atoms with E-state index in [9.17, 15) is 4.79 Å². The molecular weight excluding hydrogens is 350 g/mol. The largest absolute Gasteiger partial charge is 0.457 e. The van der Waals surface area contributed by atoms with E-state index >= 15 is 0 Å². The first-order valence-electron chi connectivity index (χ1n) is 7.98. The highest BCUT2D eigenvalue weighted by Gasteiger charge is 2.19. The summed E-state index contributed by atoms with van der Waals surface area (Å²) in [5.74, 6) is 1.69. The predicted octanol–water partition coefficient (Wildman–Crippen LogP) is 4.95. The number of carbonyl (C=O) groups excluding carboxylic acids is 1. The summed E-state index contributed by atoms with van der Waals surface area (Å²) < 4.78 is 11.8. The van der Waals surface area contributed by atoms with Crippen molar-refractivity contribution in [3.63, 3.8) is 0 Å². The van der Waals surface area contributed by atoms with Crippen molar-refractivity contribution in [3.8, 4) is 11.5 Å². The monoisotopic (exact) mass is 365 g/mol. The third kappa shape index (κ3) is 3.16. The molecule has 2 heterocycles. The Kier molecular flexibility index (Phi) is 4.14. The zero-order valence-electron chi connectivity index (χ0n) is 14.1. The average molecular weight is 365 g/mol. The van der Waals surface area contributed by atoms with Crippen LogP contribution in [-0.4, -0.2) is 16.0 Å². The third-order valence-corrected chi connectivity index (χ3v) is 4.75. The van der Waals surface area contributed by atoms with Gasteiger partial charge in [0.05, 0.1) is 15.9 Å². The molecule has 4 aromatic rings. The number of anilines is 1. The van der Waals surface area contributed by atoms with Gasteiger partial charge in [0, 0.05) is 6.07 Å². The van der Waals surface area contributed by atoms with Crippen LogP contribution in [0.25, 0.3) is 10.2 Å². The van der Waals surface area contributed by atoms with Gasteiger partial charge in [0.2, 0.25) is 0 Å². The number of rotatable bonds is 4. The molecule has 2 aromatic carbocycles. The molecule has 1 amide bonds. The van der Waals surface area contributed by atoms with E-state index in [1.165, 1.54) is 11.3 Å². The summed E-state index contributed by atoms with van der Waals surface area (Å²) in [6.45, 7) is 3.44. The van der Waals surface area contributed by atoms with Gasteiger partial charge in [-0.2, -0.15) is 0 Å². The van der Waals surface area contributed by atoms with Gasteiger partial charge in [-0.3, -0.25) is 10.1 Å². The molecule has 130 valence electrons. The topological polar surface area (TPSA) is 77.3 Å². The number of thiazole rings is 1. The Labute approximate surface area is 153 Å². The van der Waals surface area contributed by atoms with Gasteiger partial charge in [0.15, 0.2) is 5.13 Å². The molecule has 0 aliphatic rings. The number of para-hydroxylation sites is 1. The summed E-state index contributed by atoms with van der Waals surface area (Å²) >= 11 is 1.39. The third-order valence-electron chi connectivity index (χ3n) is 3.82. The van der Waals surface area contributed by atoms with E-state index in [2.05, 4.69) is 15.5 Å². The Morgan fingerprint density at radius 2 is 1.92 bits per heavy atom. The summed E-state index contributed by atoms with van der Waals surface area (Å²) in [6, 6.07) is 15.2. The highest BCUT2D eigenvalue weighted by atomic mass is 32.1. The molecule has 0 saturated carbocycles. The quantitative estimate of drug-likeness (QED) is 0.554. The molecule has 4 rings (SSSR count). The number of hydrogen-bond acceptors (Lipinski definition) is 6. The maximum Gasteiger partial charge on any atom is 0.262 e. The van der Waals surface area contributed by atoms with Crippen molar-refractivity contribution in [2.75, 3.05) is 5.32 Å². The van der Waals surface area contributed by atoms with Crippen LogP contribution in [0.3, 0.4) is 0 Å². The van der Waals surface area contributed by atoms with Gasteiger partial charge < -0.3 is 9.26 Å². The lowest BCUT2D eigenvalue weighted by Gasteiger charge is -2.04. The van der Waals surface area contributed by atoms with Crippen LogP contribution in [-0.2, 0) is 0 Å². The fourth-order valence-electron chi connectivity index (χ4n) is 2.61. The Bertz CT molecular complexity index is 1070. The molecule has 0 aliphatic heterocycles. The van der Waals surface area contributed by atoms with Crippen LogP contribution < -0.4 is 10.1 Å². The number of aromatic nitrogens is 2. The zero-order valence-corrected chi connectivity index (χ0v) is 15.0. The average Bonchev–Trinajstić information content (AvgIpc) is 3.17. The van der Waals surface area contributed by atoms with Crippen molar-refractivity contribution in [3.05, 3.63) is 65.5 Å². The van der Waals surface area contributed by atoms with E-state index in [1.807, 2.05) is 48.5 Å². The second-order valence-electron chi connectivity index (χ2n) is 5.72. The molecule has 2 aromatic heterocycles. The fourth-order valence-corrected chi connectivity index (χ4v) is 3.50. The van der Waals surface area contributed by atoms with Crippen LogP contribution in [0.5, 0.6) is 11.5 Å². The zero-order chi connectivity index (χ0) is 18.1. The molecule has 0 atom stereocenters. The molecule has 0 fully saturated rings. The van der Waals surface area contributed by atoms with E-state index in [-0.39, 0.29) is 5.91 Å². The van der Waals surface area contributed by atoms with Crippen molar-refractivity contribution in [2.45, 2.75) is 13.8 Å². The van der Waals surface area contributed by atoms with Gasteiger partial charge in [0.1, 0.15) is 22.8 Å². The molecule has 26 heavy (non-hydrogen) atoms. The standard InChI is InChI=1S/C19H15N3O3S/c1-11-17(12(2)25-22-11)18(23)21-19-20-15-9-8-14(10-16(15)26-19)24-13-6-4-3-5-7-13/h3-10H,1-2H3,(H,20,21,23). The Morgan fingerprint density at radius 3 is 2.65 bits per heavy atom. The highest BCUT2D eigenvalue weighted by molar-refractivity contribution is 7.22. The molecule has 0 radical (unpaired) electrons. The number of carbonyl (C=O) groups is 1. The van der Waals surface area contributed by atoms with E-state index in [1.54, 1.807) is 13.8 Å². The van der Waals surface area contributed by atoms with Crippen LogP contribution in [0, 0.1) is 13.8 Å². The predicted molar refractivity (Wildman–Crippen MR) is 100 cm³/mol. The maximum absolute atomic E-state index is 12.4. The fraction of sp³-hybridized carbons (Fsp3) is 0.105. The summed E-state index contributed by atoms with van der Waals surface area (Å²) in [6.07, 6.45) is 0. The van der Waals surface area contributed by atoms with Crippen molar-refractivity contribution < 1.29 is 14.1 Å². The number of benzene rings is 2. The number of aryl methyl sites for hydroxylation is 2. The van der Waals surface area contributed by atoms with Crippen LogP contribution >= 0.6 is 11.3 Å². The smallest absolute Gasteiger partial charge is 0.262 e. The summed E-state index contributed by atoms with van der Waals surface area (Å²) in [4.78, 5) is 16.9. The number of amides is 1. The highest BCUT2D eigenvalue weighted by Crippen LogP contribution is 2.31. The lowest BCUT2D eigenvalue weighted by atomic mass is 10.2. The molecule has 0 bridgehead atoms. The lowest BCUT2D eigenvalue weighted by Crippen LogP contribution is -2.13. The second kappa shape index (κ2) is 6.61. The SMILES string of the molecule is Cc1noc(C)c1C(=O)Nc1nc2ccc(Oc3ccccc3)cc2s1. The van der Waals surface area contributed by atoms with Crippen molar-refractivity contribution >= 4 is 32.6 Å². The van der Waals surface area contributed by atoms with Gasteiger partial charge in [-0.05, 0) is 38.1 Å². The molecule has 0 spiro atoms. The first-order chi connectivity index (χ1) is 12.6. The van der Waals surface area contributed by atoms with Crippen molar-refractivity contribution in [1.82, 2.24) is 10.1 Å². The van der Waals surface area contributed by atoms with Crippen LogP contribution in [0.4, 0.5) is 5.13 Å². The molecular formula is C19H15N3O3S. The molecule has 0 aliphatic carbocycles. The minimum absolute atomic E-state index is 0.277. The van der Waals surface area contributed by atoms with Crippen molar-refractivity contribution in [1.29, 1.82) is 0 Å². The minimum atomic E-state index is -0.277.